The van der Waals surface area contributed by atoms with Crippen LogP contribution in [0.4, 0.5) is 4.39 Å². The second kappa shape index (κ2) is 8.20. The largest absolute Gasteiger partial charge is 0.381 e. The maximum atomic E-state index is 12.3. The Morgan fingerprint density at radius 3 is 2.77 bits per heavy atom. The molecule has 1 atom stereocenters. The van der Waals surface area contributed by atoms with E-state index in [0.29, 0.717) is 12.8 Å². The van der Waals surface area contributed by atoms with Crippen LogP contribution in [0.25, 0.3) is 0 Å². The standard InChI is InChI=1S/C10H20FNO/c1-4-12-6-5-10(8-11)7-9(2)13-3/h8-9,12H,4-7H2,1-3H3/b10-8-/t9-/m0/s1. The molecule has 0 aliphatic heterocycles. The minimum atomic E-state index is 0.101. The van der Waals surface area contributed by atoms with Gasteiger partial charge in [0, 0.05) is 7.11 Å². The lowest BCUT2D eigenvalue weighted by Crippen LogP contribution is -2.16. The molecule has 0 aromatic rings. The Kier molecular flexibility index (Phi) is 7.94. The van der Waals surface area contributed by atoms with Gasteiger partial charge < -0.3 is 10.1 Å². The molecule has 78 valence electrons. The van der Waals surface area contributed by atoms with E-state index in [2.05, 4.69) is 5.32 Å². The Bertz CT molecular complexity index is 148. The first-order chi connectivity index (χ1) is 6.24. The molecule has 0 heterocycles. The monoisotopic (exact) mass is 189 g/mol. The molecule has 0 aliphatic rings. The van der Waals surface area contributed by atoms with Crippen molar-refractivity contribution in [2.75, 3.05) is 20.2 Å². The third-order valence-electron chi connectivity index (χ3n) is 1.98. The van der Waals surface area contributed by atoms with Gasteiger partial charge in [-0.25, -0.2) is 4.39 Å². The highest BCUT2D eigenvalue weighted by molar-refractivity contribution is 4.99. The van der Waals surface area contributed by atoms with Crippen molar-refractivity contribution in [3.8, 4) is 0 Å². The molecule has 0 saturated carbocycles. The van der Waals surface area contributed by atoms with E-state index in [9.17, 15) is 4.39 Å². The summed E-state index contributed by atoms with van der Waals surface area (Å²) < 4.78 is 17.4. The van der Waals surface area contributed by atoms with E-state index in [0.717, 1.165) is 25.1 Å². The lowest BCUT2D eigenvalue weighted by molar-refractivity contribution is 0.117. The molecule has 2 nitrogen and oxygen atoms in total. The summed E-state index contributed by atoms with van der Waals surface area (Å²) >= 11 is 0. The van der Waals surface area contributed by atoms with Crippen molar-refractivity contribution in [2.24, 2.45) is 0 Å². The van der Waals surface area contributed by atoms with Crippen molar-refractivity contribution in [1.82, 2.24) is 5.32 Å². The van der Waals surface area contributed by atoms with Crippen molar-refractivity contribution in [3.63, 3.8) is 0 Å². The average Bonchev–Trinajstić information content (AvgIpc) is 2.16. The molecule has 0 aromatic heterocycles. The predicted octanol–water partition coefficient (Wildman–Crippen LogP) is 2.26. The van der Waals surface area contributed by atoms with Crippen molar-refractivity contribution in [1.29, 1.82) is 0 Å². The maximum absolute atomic E-state index is 12.3. The highest BCUT2D eigenvalue weighted by Crippen LogP contribution is 2.11. The molecular weight excluding hydrogens is 169 g/mol. The Balaban J connectivity index is 3.64. The van der Waals surface area contributed by atoms with Gasteiger partial charge in [0.1, 0.15) is 0 Å². The van der Waals surface area contributed by atoms with E-state index < -0.39 is 0 Å². The van der Waals surface area contributed by atoms with Crippen LogP contribution >= 0.6 is 0 Å². The predicted molar refractivity (Wildman–Crippen MR) is 53.4 cm³/mol. The molecule has 0 spiro atoms. The zero-order chi connectivity index (χ0) is 10.1. The van der Waals surface area contributed by atoms with Crippen LogP contribution in [0, 0.1) is 0 Å². The first-order valence-electron chi connectivity index (χ1n) is 4.76. The van der Waals surface area contributed by atoms with E-state index in [1.807, 2.05) is 13.8 Å². The van der Waals surface area contributed by atoms with Crippen LogP contribution in [-0.4, -0.2) is 26.3 Å². The molecule has 1 N–H and O–H groups in total. The van der Waals surface area contributed by atoms with Crippen molar-refractivity contribution >= 4 is 0 Å². The Morgan fingerprint density at radius 1 is 1.62 bits per heavy atom. The van der Waals surface area contributed by atoms with E-state index in [1.54, 1.807) is 7.11 Å². The van der Waals surface area contributed by atoms with Gasteiger partial charge in [0.2, 0.25) is 0 Å². The Hall–Kier alpha value is -0.410. The third kappa shape index (κ3) is 6.72. The lowest BCUT2D eigenvalue weighted by atomic mass is 10.1. The number of methoxy groups -OCH3 is 1. The van der Waals surface area contributed by atoms with Crippen molar-refractivity contribution < 1.29 is 9.13 Å². The molecule has 0 aromatic carbocycles. The second-order valence-electron chi connectivity index (χ2n) is 3.12. The van der Waals surface area contributed by atoms with Gasteiger partial charge in [-0.3, -0.25) is 0 Å². The molecule has 0 unspecified atom stereocenters. The number of rotatable bonds is 7. The summed E-state index contributed by atoms with van der Waals surface area (Å²) in [5, 5.41) is 3.16. The summed E-state index contributed by atoms with van der Waals surface area (Å²) in [4.78, 5) is 0. The van der Waals surface area contributed by atoms with E-state index in [4.69, 9.17) is 4.74 Å². The van der Waals surface area contributed by atoms with Gasteiger partial charge in [-0.05, 0) is 38.4 Å². The molecule has 0 rings (SSSR count). The molecule has 0 amide bonds. The zero-order valence-electron chi connectivity index (χ0n) is 8.77. The zero-order valence-corrected chi connectivity index (χ0v) is 8.77. The first kappa shape index (κ1) is 12.6. The summed E-state index contributed by atoms with van der Waals surface area (Å²) in [7, 11) is 1.64. The minimum absolute atomic E-state index is 0.101. The number of hydrogen-bond acceptors (Lipinski definition) is 2. The van der Waals surface area contributed by atoms with E-state index >= 15 is 0 Å². The van der Waals surface area contributed by atoms with Gasteiger partial charge in [0.25, 0.3) is 0 Å². The topological polar surface area (TPSA) is 21.3 Å². The fourth-order valence-corrected chi connectivity index (χ4v) is 1.08. The summed E-state index contributed by atoms with van der Waals surface area (Å²) in [5.74, 6) is 0. The Morgan fingerprint density at radius 2 is 2.31 bits per heavy atom. The molecule has 13 heavy (non-hydrogen) atoms. The van der Waals surface area contributed by atoms with Gasteiger partial charge in [0.15, 0.2) is 0 Å². The van der Waals surface area contributed by atoms with Gasteiger partial charge in [0.05, 0.1) is 12.4 Å². The number of hydrogen-bond donors (Lipinski definition) is 1. The van der Waals surface area contributed by atoms with Crippen LogP contribution in [0.5, 0.6) is 0 Å². The maximum Gasteiger partial charge on any atom is 0.0860 e. The molecule has 3 heteroatoms. The minimum Gasteiger partial charge on any atom is -0.381 e. The molecule has 0 saturated heterocycles. The number of halogens is 1. The van der Waals surface area contributed by atoms with Crippen LogP contribution in [0.15, 0.2) is 11.9 Å². The SMILES string of the molecule is CCNCC/C(=C/F)C[C@H](C)OC. The van der Waals surface area contributed by atoms with Crippen LogP contribution in [0.2, 0.25) is 0 Å². The third-order valence-corrected chi connectivity index (χ3v) is 1.98. The highest BCUT2D eigenvalue weighted by Gasteiger charge is 2.04. The number of ether oxygens (including phenoxy) is 1. The molecule has 0 bridgehead atoms. The summed E-state index contributed by atoms with van der Waals surface area (Å²) in [5.41, 5.74) is 0.815. The van der Waals surface area contributed by atoms with Gasteiger partial charge in [-0.15, -0.1) is 0 Å². The first-order valence-corrected chi connectivity index (χ1v) is 4.76. The summed E-state index contributed by atoms with van der Waals surface area (Å²) in [6.45, 7) is 5.75. The fraction of sp³-hybridized carbons (Fsp3) is 0.800. The second-order valence-corrected chi connectivity index (χ2v) is 3.12. The van der Waals surface area contributed by atoms with Gasteiger partial charge in [-0.2, -0.15) is 0 Å². The Labute approximate surface area is 80.2 Å². The van der Waals surface area contributed by atoms with Gasteiger partial charge >= 0.3 is 0 Å². The van der Waals surface area contributed by atoms with Crippen LogP contribution < -0.4 is 5.32 Å². The fourth-order valence-electron chi connectivity index (χ4n) is 1.08. The van der Waals surface area contributed by atoms with Crippen LogP contribution in [-0.2, 0) is 4.74 Å². The van der Waals surface area contributed by atoms with Crippen LogP contribution in [0.3, 0.4) is 0 Å². The molecule has 0 radical (unpaired) electrons. The quantitative estimate of drug-likeness (QED) is 0.620. The van der Waals surface area contributed by atoms with Crippen LogP contribution in [0.1, 0.15) is 26.7 Å². The summed E-state index contributed by atoms with van der Waals surface area (Å²) in [6, 6.07) is 0. The van der Waals surface area contributed by atoms with E-state index in [1.165, 1.54) is 0 Å². The molecule has 0 fully saturated rings. The van der Waals surface area contributed by atoms with Crippen molar-refractivity contribution in [2.45, 2.75) is 32.8 Å². The average molecular weight is 189 g/mol. The molecule has 0 aliphatic carbocycles. The number of nitrogens with one attached hydrogen (secondary N) is 1. The van der Waals surface area contributed by atoms with E-state index in [-0.39, 0.29) is 6.10 Å². The highest BCUT2D eigenvalue weighted by atomic mass is 19.1. The lowest BCUT2D eigenvalue weighted by Gasteiger charge is -2.11. The van der Waals surface area contributed by atoms with Gasteiger partial charge in [-0.1, -0.05) is 6.92 Å². The smallest absolute Gasteiger partial charge is 0.0860 e. The van der Waals surface area contributed by atoms with Crippen molar-refractivity contribution in [3.05, 3.63) is 11.9 Å². The normalized spacial score (nSPS) is 14.6. The summed E-state index contributed by atoms with van der Waals surface area (Å²) in [6.07, 6.45) is 2.24. The molecular formula is C10H20FNO.